The van der Waals surface area contributed by atoms with Crippen molar-refractivity contribution in [3.8, 4) is 0 Å². The quantitative estimate of drug-likeness (QED) is 0.137. The Kier molecular flexibility index (Phi) is 23.2. The molecule has 0 spiro atoms. The van der Waals surface area contributed by atoms with Gasteiger partial charge in [0, 0.05) is 19.6 Å². The van der Waals surface area contributed by atoms with Gasteiger partial charge in [-0.3, -0.25) is 9.69 Å². The zero-order valence-corrected chi connectivity index (χ0v) is 20.0. The minimum absolute atomic E-state index is 0.159. The van der Waals surface area contributed by atoms with Crippen molar-refractivity contribution in [2.24, 2.45) is 0 Å². The third-order valence-corrected chi connectivity index (χ3v) is 5.28. The first-order chi connectivity index (χ1) is 14.2. The zero-order valence-electron chi connectivity index (χ0n) is 20.0. The first-order valence-electron chi connectivity index (χ1n) is 12.5. The van der Waals surface area contributed by atoms with Gasteiger partial charge < -0.3 is 9.47 Å². The van der Waals surface area contributed by atoms with Crippen LogP contribution in [0.2, 0.25) is 0 Å². The smallest absolute Gasteiger partial charge is 0.320 e. The number of nitrogens with zero attached hydrogens (tertiary/aromatic N) is 1. The van der Waals surface area contributed by atoms with Crippen LogP contribution in [0.4, 0.5) is 0 Å². The number of rotatable bonds is 23. The summed E-state index contributed by atoms with van der Waals surface area (Å²) in [4.78, 5) is 13.2. The first-order valence-corrected chi connectivity index (χ1v) is 12.5. The molecule has 0 aliphatic heterocycles. The number of hydrogen-bond acceptors (Lipinski definition) is 4. The van der Waals surface area contributed by atoms with Gasteiger partial charge in [-0.25, -0.2) is 0 Å². The van der Waals surface area contributed by atoms with E-state index >= 15 is 0 Å². The maximum absolute atomic E-state index is 11.3. The van der Waals surface area contributed by atoms with Crippen LogP contribution < -0.4 is 0 Å². The average Bonchev–Trinajstić information content (AvgIpc) is 2.68. The number of likely N-dealkylation sites (N-methyl/N-ethyl adjacent to an activating group) is 1. The van der Waals surface area contributed by atoms with E-state index in [9.17, 15) is 4.79 Å². The van der Waals surface area contributed by atoms with Crippen LogP contribution >= 0.6 is 0 Å². The van der Waals surface area contributed by atoms with Gasteiger partial charge in [-0.1, -0.05) is 103 Å². The van der Waals surface area contributed by atoms with E-state index in [1.54, 1.807) is 0 Å². The molecule has 0 unspecified atom stereocenters. The van der Waals surface area contributed by atoms with E-state index in [4.69, 9.17) is 9.47 Å². The Bertz CT molecular complexity index is 334. The first kappa shape index (κ1) is 28.4. The second-order valence-corrected chi connectivity index (χ2v) is 8.73. The Labute approximate surface area is 182 Å². The lowest BCUT2D eigenvalue weighted by molar-refractivity contribution is -0.144. The Morgan fingerprint density at radius 3 is 1.45 bits per heavy atom. The topological polar surface area (TPSA) is 38.8 Å². The monoisotopic (exact) mass is 413 g/mol. The lowest BCUT2D eigenvalue weighted by atomic mass is 10.0. The van der Waals surface area contributed by atoms with Crippen molar-refractivity contribution < 1.29 is 14.3 Å². The van der Waals surface area contributed by atoms with Gasteiger partial charge in [0.1, 0.15) is 0 Å². The SMILES string of the molecule is CCCCCCCCCCCCCCCCCCOCCCOC(=O)CN(C)C. The molecular formula is C25H51NO3. The molecule has 0 aromatic carbocycles. The molecule has 0 heterocycles. The van der Waals surface area contributed by atoms with E-state index in [0.29, 0.717) is 19.8 Å². The lowest BCUT2D eigenvalue weighted by Gasteiger charge is -2.09. The minimum Gasteiger partial charge on any atom is -0.465 e. The summed E-state index contributed by atoms with van der Waals surface area (Å²) in [5.74, 6) is -0.159. The predicted octanol–water partition coefficient (Wildman–Crippen LogP) is 6.76. The molecule has 0 saturated carbocycles. The molecule has 0 aromatic rings. The Morgan fingerprint density at radius 2 is 1.00 bits per heavy atom. The molecule has 0 amide bonds. The highest BCUT2D eigenvalue weighted by Crippen LogP contribution is 2.13. The summed E-state index contributed by atoms with van der Waals surface area (Å²) < 4.78 is 10.7. The summed E-state index contributed by atoms with van der Waals surface area (Å²) in [6, 6.07) is 0. The molecule has 0 aromatic heterocycles. The molecule has 0 N–H and O–H groups in total. The van der Waals surface area contributed by atoms with Crippen molar-refractivity contribution in [1.82, 2.24) is 4.90 Å². The largest absolute Gasteiger partial charge is 0.465 e. The van der Waals surface area contributed by atoms with Crippen molar-refractivity contribution in [3.63, 3.8) is 0 Å². The van der Waals surface area contributed by atoms with Crippen molar-refractivity contribution in [2.75, 3.05) is 40.5 Å². The van der Waals surface area contributed by atoms with Crippen molar-refractivity contribution >= 4 is 5.97 Å². The van der Waals surface area contributed by atoms with Crippen LogP contribution in [0.25, 0.3) is 0 Å². The molecule has 0 atom stereocenters. The highest BCUT2D eigenvalue weighted by Gasteiger charge is 2.03. The molecule has 0 bridgehead atoms. The van der Waals surface area contributed by atoms with Gasteiger partial charge in [0.2, 0.25) is 0 Å². The zero-order chi connectivity index (χ0) is 21.4. The highest BCUT2D eigenvalue weighted by atomic mass is 16.5. The van der Waals surface area contributed by atoms with Gasteiger partial charge in [0.25, 0.3) is 0 Å². The summed E-state index contributed by atoms with van der Waals surface area (Å²) in [5.41, 5.74) is 0. The molecule has 4 heteroatoms. The van der Waals surface area contributed by atoms with Gasteiger partial charge in [-0.2, -0.15) is 0 Å². The predicted molar refractivity (Wildman–Crippen MR) is 124 cm³/mol. The number of carbonyl (C=O) groups is 1. The fraction of sp³-hybridized carbons (Fsp3) is 0.960. The van der Waals surface area contributed by atoms with Crippen LogP contribution in [0.15, 0.2) is 0 Å². The Hall–Kier alpha value is -0.610. The second-order valence-electron chi connectivity index (χ2n) is 8.73. The molecule has 29 heavy (non-hydrogen) atoms. The van der Waals surface area contributed by atoms with Crippen LogP contribution in [0.3, 0.4) is 0 Å². The van der Waals surface area contributed by atoms with Gasteiger partial charge in [-0.15, -0.1) is 0 Å². The molecule has 0 fully saturated rings. The molecule has 0 aliphatic rings. The fourth-order valence-corrected chi connectivity index (χ4v) is 3.51. The van der Waals surface area contributed by atoms with E-state index in [0.717, 1.165) is 19.4 Å². The molecule has 0 saturated heterocycles. The summed E-state index contributed by atoms with van der Waals surface area (Å²) >= 11 is 0. The van der Waals surface area contributed by atoms with Gasteiger partial charge >= 0.3 is 5.97 Å². The van der Waals surface area contributed by atoms with Crippen molar-refractivity contribution in [3.05, 3.63) is 0 Å². The van der Waals surface area contributed by atoms with E-state index < -0.39 is 0 Å². The second kappa shape index (κ2) is 23.7. The van der Waals surface area contributed by atoms with Gasteiger partial charge in [0.15, 0.2) is 0 Å². The maximum Gasteiger partial charge on any atom is 0.320 e. The average molecular weight is 414 g/mol. The highest BCUT2D eigenvalue weighted by molar-refractivity contribution is 5.71. The van der Waals surface area contributed by atoms with Gasteiger partial charge in [0.05, 0.1) is 13.2 Å². The summed E-state index contributed by atoms with van der Waals surface area (Å²) in [5, 5.41) is 0. The molecular weight excluding hydrogens is 362 g/mol. The van der Waals surface area contributed by atoms with Crippen LogP contribution in [0, 0.1) is 0 Å². The van der Waals surface area contributed by atoms with Crippen molar-refractivity contribution in [1.29, 1.82) is 0 Å². The minimum atomic E-state index is -0.159. The molecule has 0 rings (SSSR count). The normalized spacial score (nSPS) is 11.3. The number of carbonyl (C=O) groups excluding carboxylic acids is 1. The number of ether oxygens (including phenoxy) is 2. The van der Waals surface area contributed by atoms with Crippen LogP contribution in [0.5, 0.6) is 0 Å². The van der Waals surface area contributed by atoms with Crippen molar-refractivity contribution in [2.45, 2.75) is 116 Å². The Morgan fingerprint density at radius 1 is 0.586 bits per heavy atom. The summed E-state index contributed by atoms with van der Waals surface area (Å²) in [7, 11) is 3.73. The maximum atomic E-state index is 11.3. The Balaban J connectivity index is 3.06. The lowest BCUT2D eigenvalue weighted by Crippen LogP contribution is -2.24. The van der Waals surface area contributed by atoms with E-state index in [2.05, 4.69) is 6.92 Å². The molecule has 4 nitrogen and oxygen atoms in total. The van der Waals surface area contributed by atoms with Crippen LogP contribution in [-0.2, 0) is 14.3 Å². The molecule has 0 aliphatic carbocycles. The van der Waals surface area contributed by atoms with E-state index in [-0.39, 0.29) is 5.97 Å². The van der Waals surface area contributed by atoms with E-state index in [1.807, 2.05) is 19.0 Å². The third-order valence-electron chi connectivity index (χ3n) is 5.28. The standard InChI is InChI=1S/C25H51NO3/c1-4-5-6-7-8-9-10-11-12-13-14-15-16-17-18-19-21-28-22-20-23-29-25(27)24-26(2)3/h4-24H2,1-3H3. The van der Waals surface area contributed by atoms with Crippen LogP contribution in [0.1, 0.15) is 116 Å². The van der Waals surface area contributed by atoms with Crippen LogP contribution in [-0.4, -0.2) is 51.3 Å². The molecule has 174 valence electrons. The van der Waals surface area contributed by atoms with E-state index in [1.165, 1.54) is 96.3 Å². The molecule has 0 radical (unpaired) electrons. The fourth-order valence-electron chi connectivity index (χ4n) is 3.51. The number of unbranched alkanes of at least 4 members (excludes halogenated alkanes) is 15. The summed E-state index contributed by atoms with van der Waals surface area (Å²) in [6.45, 7) is 4.62. The number of hydrogen-bond donors (Lipinski definition) is 0. The third kappa shape index (κ3) is 25.4. The van der Waals surface area contributed by atoms with Gasteiger partial charge in [-0.05, 0) is 20.5 Å². The number of esters is 1. The summed E-state index contributed by atoms with van der Waals surface area (Å²) in [6.07, 6.45) is 23.1.